The lowest BCUT2D eigenvalue weighted by atomic mass is 10.2. The van der Waals surface area contributed by atoms with Gasteiger partial charge in [0, 0.05) is 22.4 Å². The van der Waals surface area contributed by atoms with E-state index >= 15 is 0 Å². The van der Waals surface area contributed by atoms with Gasteiger partial charge in [0.1, 0.15) is 6.17 Å². The Bertz CT molecular complexity index is 439. The van der Waals surface area contributed by atoms with Crippen molar-refractivity contribution < 1.29 is 14.2 Å². The van der Waals surface area contributed by atoms with E-state index in [1.165, 1.54) is 12.4 Å². The molecule has 2 heterocycles. The highest BCUT2D eigenvalue weighted by Crippen LogP contribution is 2.30. The zero-order valence-corrected chi connectivity index (χ0v) is 10.4. The Morgan fingerprint density at radius 3 is 3.12 bits per heavy atom. The van der Waals surface area contributed by atoms with Crippen molar-refractivity contribution in [2.45, 2.75) is 24.9 Å². The smallest absolute Gasteiger partial charge is 0.349 e. The Labute approximate surface area is 104 Å². The van der Waals surface area contributed by atoms with Gasteiger partial charge in [-0.05, 0) is 22.6 Å². The van der Waals surface area contributed by atoms with E-state index in [1.807, 2.05) is 22.6 Å². The second-order valence-corrected chi connectivity index (χ2v) is 4.79. The van der Waals surface area contributed by atoms with Crippen molar-refractivity contribution in [3.63, 3.8) is 0 Å². The van der Waals surface area contributed by atoms with Gasteiger partial charge in [0.25, 0.3) is 0 Å². The van der Waals surface area contributed by atoms with Gasteiger partial charge in [0.2, 0.25) is 0 Å². The summed E-state index contributed by atoms with van der Waals surface area (Å²) in [5.74, 6) is 0. The minimum absolute atomic E-state index is 0.0963. The number of aromatic nitrogens is 2. The predicted octanol–water partition coefficient (Wildman–Crippen LogP) is 0.466. The van der Waals surface area contributed by atoms with E-state index < -0.39 is 24.2 Å². The monoisotopic (exact) mass is 340 g/mol. The average Bonchev–Trinajstić information content (AvgIpc) is 2.63. The number of nitrogens with zero attached hydrogens (tertiary/aromatic N) is 2. The van der Waals surface area contributed by atoms with Crippen molar-refractivity contribution in [1.29, 1.82) is 0 Å². The summed E-state index contributed by atoms with van der Waals surface area (Å²) < 4.78 is 20.7. The van der Waals surface area contributed by atoms with Gasteiger partial charge in [-0.25, -0.2) is 14.2 Å². The molecular weight excluding hydrogens is 330 g/mol. The van der Waals surface area contributed by atoms with Gasteiger partial charge in [0.15, 0.2) is 6.23 Å². The Morgan fingerprint density at radius 1 is 1.75 bits per heavy atom. The summed E-state index contributed by atoms with van der Waals surface area (Å²) in [6.45, 7) is -0.247. The van der Waals surface area contributed by atoms with Crippen LogP contribution in [0.25, 0.3) is 0 Å². The van der Waals surface area contributed by atoms with E-state index in [-0.39, 0.29) is 13.0 Å². The summed E-state index contributed by atoms with van der Waals surface area (Å²) in [7, 11) is 0. The molecule has 0 radical (unpaired) electrons. The summed E-state index contributed by atoms with van der Waals surface area (Å²) in [5.41, 5.74) is -0.549. The number of halogens is 2. The van der Waals surface area contributed by atoms with Gasteiger partial charge >= 0.3 is 5.69 Å². The first kappa shape index (κ1) is 11.9. The summed E-state index contributed by atoms with van der Waals surface area (Å²) in [5, 5.41) is 8.88. The highest BCUT2D eigenvalue weighted by molar-refractivity contribution is 14.1. The van der Waals surface area contributed by atoms with Crippen LogP contribution >= 0.6 is 22.6 Å². The normalized spacial score (nSPS) is 29.6. The zero-order valence-electron chi connectivity index (χ0n) is 8.22. The van der Waals surface area contributed by atoms with Crippen molar-refractivity contribution in [1.82, 2.24) is 9.55 Å². The lowest BCUT2D eigenvalue weighted by Crippen LogP contribution is -2.30. The van der Waals surface area contributed by atoms with Gasteiger partial charge in [-0.3, -0.25) is 4.57 Å². The van der Waals surface area contributed by atoms with Crippen LogP contribution in [-0.4, -0.2) is 33.5 Å². The maximum Gasteiger partial charge on any atom is 0.349 e. The lowest BCUT2D eigenvalue weighted by molar-refractivity contribution is -0.0394. The SMILES string of the molecule is O=c1ncc(I)cn1[C@@H]1O[C@H](CO)C[C@@H]1F. The molecule has 1 aliphatic rings. The molecule has 1 aromatic heterocycles. The van der Waals surface area contributed by atoms with Crippen LogP contribution in [-0.2, 0) is 4.74 Å². The van der Waals surface area contributed by atoms with Crippen LogP contribution in [0.1, 0.15) is 12.6 Å². The molecule has 1 aliphatic heterocycles. The molecule has 0 amide bonds. The quantitative estimate of drug-likeness (QED) is 0.795. The van der Waals surface area contributed by atoms with Crippen molar-refractivity contribution in [2.75, 3.05) is 6.61 Å². The Morgan fingerprint density at radius 2 is 2.50 bits per heavy atom. The zero-order chi connectivity index (χ0) is 11.7. The number of alkyl halides is 1. The first-order chi connectivity index (χ1) is 7.61. The molecule has 0 unspecified atom stereocenters. The standard InChI is InChI=1S/C9H10FIN2O3/c10-7-1-6(4-14)16-8(7)13-3-5(11)2-12-9(13)15/h2-3,6-8,14H,1,4H2/t6-,7-,8+/m0/s1. The van der Waals surface area contributed by atoms with Gasteiger partial charge in [-0.1, -0.05) is 0 Å². The van der Waals surface area contributed by atoms with E-state index in [0.717, 1.165) is 8.14 Å². The van der Waals surface area contributed by atoms with Crippen LogP contribution in [0.2, 0.25) is 0 Å². The van der Waals surface area contributed by atoms with Crippen LogP contribution in [0.15, 0.2) is 17.2 Å². The third kappa shape index (κ3) is 2.25. The van der Waals surface area contributed by atoms with Gasteiger partial charge in [0.05, 0.1) is 12.7 Å². The van der Waals surface area contributed by atoms with Crippen LogP contribution in [0, 0.1) is 3.57 Å². The molecule has 88 valence electrons. The Hall–Kier alpha value is -0.540. The topological polar surface area (TPSA) is 64.4 Å². The molecule has 1 fully saturated rings. The number of rotatable bonds is 2. The number of hydrogen-bond donors (Lipinski definition) is 1. The fourth-order valence-electron chi connectivity index (χ4n) is 1.65. The number of aliphatic hydroxyl groups excluding tert-OH is 1. The third-order valence-corrected chi connectivity index (χ3v) is 2.95. The van der Waals surface area contributed by atoms with E-state index in [2.05, 4.69) is 4.98 Å². The molecule has 2 rings (SSSR count). The molecule has 7 heteroatoms. The van der Waals surface area contributed by atoms with Gasteiger partial charge in [-0.15, -0.1) is 0 Å². The molecule has 0 aliphatic carbocycles. The minimum Gasteiger partial charge on any atom is -0.394 e. The first-order valence-corrected chi connectivity index (χ1v) is 5.83. The highest BCUT2D eigenvalue weighted by atomic mass is 127. The molecular formula is C9H10FIN2O3. The summed E-state index contributed by atoms with van der Waals surface area (Å²) in [4.78, 5) is 15.0. The van der Waals surface area contributed by atoms with E-state index in [4.69, 9.17) is 9.84 Å². The van der Waals surface area contributed by atoms with Crippen molar-refractivity contribution in [3.8, 4) is 0 Å². The summed E-state index contributed by atoms with van der Waals surface area (Å²) >= 11 is 1.98. The largest absolute Gasteiger partial charge is 0.394 e. The van der Waals surface area contributed by atoms with E-state index in [0.29, 0.717) is 0 Å². The summed E-state index contributed by atoms with van der Waals surface area (Å²) in [6, 6.07) is 0. The molecule has 16 heavy (non-hydrogen) atoms. The number of ether oxygens (including phenoxy) is 1. The van der Waals surface area contributed by atoms with Crippen molar-refractivity contribution in [2.24, 2.45) is 0 Å². The van der Waals surface area contributed by atoms with Crippen LogP contribution < -0.4 is 5.69 Å². The number of aliphatic hydroxyl groups is 1. The molecule has 3 atom stereocenters. The van der Waals surface area contributed by atoms with Crippen LogP contribution in [0.5, 0.6) is 0 Å². The first-order valence-electron chi connectivity index (χ1n) is 4.76. The fraction of sp³-hybridized carbons (Fsp3) is 0.556. The van der Waals surface area contributed by atoms with Crippen LogP contribution in [0.4, 0.5) is 4.39 Å². The second-order valence-electron chi connectivity index (χ2n) is 3.54. The summed E-state index contributed by atoms with van der Waals surface area (Å²) in [6.07, 6.45) is 0.170. The number of hydrogen-bond acceptors (Lipinski definition) is 4. The molecule has 1 aromatic rings. The van der Waals surface area contributed by atoms with Crippen LogP contribution in [0.3, 0.4) is 0 Å². The molecule has 5 nitrogen and oxygen atoms in total. The molecule has 0 saturated carbocycles. The van der Waals surface area contributed by atoms with E-state index in [1.54, 1.807) is 0 Å². The maximum absolute atomic E-state index is 13.6. The average molecular weight is 340 g/mol. The second kappa shape index (κ2) is 4.76. The fourth-order valence-corrected chi connectivity index (χ4v) is 2.09. The predicted molar refractivity (Wildman–Crippen MR) is 61.7 cm³/mol. The Kier molecular flexibility index (Phi) is 3.55. The van der Waals surface area contributed by atoms with Crippen molar-refractivity contribution in [3.05, 3.63) is 26.4 Å². The van der Waals surface area contributed by atoms with Gasteiger partial charge < -0.3 is 9.84 Å². The highest BCUT2D eigenvalue weighted by Gasteiger charge is 2.36. The molecule has 0 aromatic carbocycles. The third-order valence-electron chi connectivity index (χ3n) is 2.39. The molecule has 1 N–H and O–H groups in total. The van der Waals surface area contributed by atoms with E-state index in [9.17, 15) is 9.18 Å². The maximum atomic E-state index is 13.6. The van der Waals surface area contributed by atoms with Gasteiger partial charge in [-0.2, -0.15) is 0 Å². The molecule has 1 saturated heterocycles. The lowest BCUT2D eigenvalue weighted by Gasteiger charge is -2.15. The Balaban J connectivity index is 2.31. The van der Waals surface area contributed by atoms with Crippen molar-refractivity contribution >= 4 is 22.6 Å². The molecule has 0 spiro atoms. The molecule has 0 bridgehead atoms. The minimum atomic E-state index is -1.30.